The first kappa shape index (κ1) is 19.2. The normalized spacial score (nSPS) is 10.2. The number of aromatic nitrogens is 1. The molecule has 2 aromatic carbocycles. The van der Waals surface area contributed by atoms with E-state index in [4.69, 9.17) is 21.5 Å². The van der Waals surface area contributed by atoms with E-state index in [0.717, 1.165) is 0 Å². The van der Waals surface area contributed by atoms with E-state index in [2.05, 4.69) is 15.8 Å². The number of benzene rings is 2. The zero-order valence-electron chi connectivity index (χ0n) is 15.2. The summed E-state index contributed by atoms with van der Waals surface area (Å²) in [7, 11) is 0. The average Bonchev–Trinajstić information content (AvgIpc) is 3.01. The van der Waals surface area contributed by atoms with Crippen molar-refractivity contribution in [3.63, 3.8) is 0 Å². The van der Waals surface area contributed by atoms with Gasteiger partial charge in [-0.3, -0.25) is 10.1 Å². The Morgan fingerprint density at radius 2 is 1.82 bits per heavy atom. The number of carbonyl (C=O) groups is 2. The first-order chi connectivity index (χ1) is 13.4. The second kappa shape index (κ2) is 8.45. The molecule has 2 N–H and O–H groups in total. The number of nitrogens with one attached hydrogen (secondary N) is 2. The Morgan fingerprint density at radius 3 is 2.50 bits per heavy atom. The van der Waals surface area contributed by atoms with Crippen molar-refractivity contribution in [1.29, 1.82) is 0 Å². The molecule has 0 bridgehead atoms. The van der Waals surface area contributed by atoms with Gasteiger partial charge in [0.05, 0.1) is 11.3 Å². The van der Waals surface area contributed by atoms with Crippen molar-refractivity contribution in [2.45, 2.75) is 13.8 Å². The molecule has 0 fully saturated rings. The third-order valence-corrected chi connectivity index (χ3v) is 4.00. The molecular weight excluding hydrogens is 378 g/mol. The van der Waals surface area contributed by atoms with Crippen molar-refractivity contribution in [3.05, 3.63) is 77.2 Å². The van der Waals surface area contributed by atoms with Crippen LogP contribution in [0.4, 0.5) is 5.69 Å². The number of para-hydroxylation sites is 1. The maximum Gasteiger partial charge on any atom is 0.343 e. The van der Waals surface area contributed by atoms with Crippen LogP contribution in [0.15, 0.2) is 59.1 Å². The Morgan fingerprint density at radius 1 is 1.07 bits per heavy atom. The fourth-order valence-electron chi connectivity index (χ4n) is 2.51. The van der Waals surface area contributed by atoms with Gasteiger partial charge in [0.15, 0.2) is 5.11 Å². The van der Waals surface area contributed by atoms with Crippen molar-refractivity contribution in [2.75, 3.05) is 5.32 Å². The summed E-state index contributed by atoms with van der Waals surface area (Å²) in [5.41, 5.74) is 1.69. The minimum absolute atomic E-state index is 0.0820. The zero-order chi connectivity index (χ0) is 20.1. The van der Waals surface area contributed by atoms with E-state index < -0.39 is 11.9 Å². The third kappa shape index (κ3) is 4.60. The maximum absolute atomic E-state index is 12.3. The molecule has 0 radical (unpaired) electrons. The number of carbonyl (C=O) groups excluding carboxylic acids is 2. The van der Waals surface area contributed by atoms with E-state index >= 15 is 0 Å². The zero-order valence-corrected chi connectivity index (χ0v) is 16.0. The molecule has 0 saturated heterocycles. The lowest BCUT2D eigenvalue weighted by Gasteiger charge is -2.10. The smallest absolute Gasteiger partial charge is 0.343 e. The SMILES string of the molecule is Cc1noc(C)c1C(=O)NC(=S)Nc1cccc(C(=O)Oc2ccccc2)c1. The fourth-order valence-corrected chi connectivity index (χ4v) is 2.72. The number of rotatable bonds is 4. The standard InChI is InChI=1S/C20H17N3O4S/c1-12-17(13(2)27-23-12)18(24)22-20(28)21-15-8-6-7-14(11-15)19(25)26-16-9-4-3-5-10-16/h3-11H,1-2H3,(H2,21,22,24,28). The highest BCUT2D eigenvalue weighted by molar-refractivity contribution is 7.80. The number of aryl methyl sites for hydroxylation is 2. The van der Waals surface area contributed by atoms with Crippen molar-refractivity contribution < 1.29 is 18.8 Å². The van der Waals surface area contributed by atoms with Gasteiger partial charge < -0.3 is 14.6 Å². The van der Waals surface area contributed by atoms with Gasteiger partial charge in [-0.05, 0) is 56.4 Å². The van der Waals surface area contributed by atoms with Crippen LogP contribution in [-0.4, -0.2) is 22.1 Å². The third-order valence-electron chi connectivity index (χ3n) is 3.80. The summed E-state index contributed by atoms with van der Waals surface area (Å²) in [6, 6.07) is 15.4. The summed E-state index contributed by atoms with van der Waals surface area (Å²) in [6.45, 7) is 3.32. The molecule has 3 rings (SSSR count). The lowest BCUT2D eigenvalue weighted by Crippen LogP contribution is -2.34. The van der Waals surface area contributed by atoms with Gasteiger partial charge in [-0.25, -0.2) is 4.79 Å². The van der Waals surface area contributed by atoms with Crippen LogP contribution in [0, 0.1) is 13.8 Å². The number of hydrogen-bond acceptors (Lipinski definition) is 6. The predicted molar refractivity (Wildman–Crippen MR) is 108 cm³/mol. The highest BCUT2D eigenvalue weighted by Crippen LogP contribution is 2.16. The van der Waals surface area contributed by atoms with Gasteiger partial charge in [0.1, 0.15) is 17.1 Å². The topological polar surface area (TPSA) is 93.5 Å². The number of nitrogens with zero attached hydrogens (tertiary/aromatic N) is 1. The van der Waals surface area contributed by atoms with E-state index in [0.29, 0.717) is 34.0 Å². The molecule has 8 heteroatoms. The Hall–Kier alpha value is -3.52. The number of hydrogen-bond donors (Lipinski definition) is 2. The van der Waals surface area contributed by atoms with Crippen molar-refractivity contribution in [2.24, 2.45) is 0 Å². The Bertz CT molecular complexity index is 1010. The van der Waals surface area contributed by atoms with E-state index in [1.54, 1.807) is 62.4 Å². The lowest BCUT2D eigenvalue weighted by molar-refractivity contribution is 0.0734. The number of ether oxygens (including phenoxy) is 1. The summed E-state index contributed by atoms with van der Waals surface area (Å²) in [5, 5.41) is 9.26. The molecule has 0 aliphatic rings. The molecule has 28 heavy (non-hydrogen) atoms. The minimum atomic E-state index is -0.500. The minimum Gasteiger partial charge on any atom is -0.423 e. The average molecular weight is 395 g/mol. The highest BCUT2D eigenvalue weighted by Gasteiger charge is 2.18. The van der Waals surface area contributed by atoms with Gasteiger partial charge in [0, 0.05) is 5.69 Å². The Balaban J connectivity index is 1.64. The molecule has 0 atom stereocenters. The molecule has 0 spiro atoms. The molecule has 1 aromatic heterocycles. The van der Waals surface area contributed by atoms with Crippen LogP contribution in [0.25, 0.3) is 0 Å². The van der Waals surface area contributed by atoms with Crippen LogP contribution >= 0.6 is 12.2 Å². The molecule has 0 saturated carbocycles. The molecule has 3 aromatic rings. The number of anilines is 1. The summed E-state index contributed by atoms with van der Waals surface area (Å²) < 4.78 is 10.3. The Kier molecular flexibility index (Phi) is 5.81. The molecule has 7 nitrogen and oxygen atoms in total. The van der Waals surface area contributed by atoms with Crippen molar-refractivity contribution in [1.82, 2.24) is 10.5 Å². The fraction of sp³-hybridized carbons (Fsp3) is 0.100. The molecule has 0 unspecified atom stereocenters. The maximum atomic E-state index is 12.3. The van der Waals surface area contributed by atoms with Crippen LogP contribution in [0.5, 0.6) is 5.75 Å². The monoisotopic (exact) mass is 395 g/mol. The summed E-state index contributed by atoms with van der Waals surface area (Å²) >= 11 is 5.18. The van der Waals surface area contributed by atoms with Crippen LogP contribution in [0.1, 0.15) is 32.2 Å². The van der Waals surface area contributed by atoms with Gasteiger partial charge in [0.25, 0.3) is 5.91 Å². The Labute approximate surface area is 166 Å². The molecular formula is C20H17N3O4S. The van der Waals surface area contributed by atoms with Gasteiger partial charge in [0.2, 0.25) is 0 Å². The number of esters is 1. The predicted octanol–water partition coefficient (Wildman–Crippen LogP) is 3.64. The van der Waals surface area contributed by atoms with Crippen molar-refractivity contribution >= 4 is 34.9 Å². The second-order valence-corrected chi connectivity index (χ2v) is 6.30. The second-order valence-electron chi connectivity index (χ2n) is 5.89. The van der Waals surface area contributed by atoms with Gasteiger partial charge in [-0.15, -0.1) is 0 Å². The molecule has 0 aliphatic heterocycles. The van der Waals surface area contributed by atoms with Crippen LogP contribution < -0.4 is 15.4 Å². The molecule has 1 amide bonds. The largest absolute Gasteiger partial charge is 0.423 e. The van der Waals surface area contributed by atoms with Gasteiger partial charge in [-0.1, -0.05) is 29.4 Å². The summed E-state index contributed by atoms with van der Waals surface area (Å²) in [4.78, 5) is 24.6. The summed E-state index contributed by atoms with van der Waals surface area (Å²) in [6.07, 6.45) is 0. The van der Waals surface area contributed by atoms with Crippen LogP contribution in [0.3, 0.4) is 0 Å². The molecule has 142 valence electrons. The quantitative estimate of drug-likeness (QED) is 0.396. The van der Waals surface area contributed by atoms with E-state index in [9.17, 15) is 9.59 Å². The van der Waals surface area contributed by atoms with E-state index in [1.807, 2.05) is 6.07 Å². The first-order valence-electron chi connectivity index (χ1n) is 8.36. The van der Waals surface area contributed by atoms with E-state index in [-0.39, 0.29) is 5.11 Å². The number of thiocarbonyl (C=S) groups is 1. The van der Waals surface area contributed by atoms with Gasteiger partial charge in [-0.2, -0.15) is 0 Å². The highest BCUT2D eigenvalue weighted by atomic mass is 32.1. The van der Waals surface area contributed by atoms with Crippen LogP contribution in [-0.2, 0) is 0 Å². The number of amides is 1. The van der Waals surface area contributed by atoms with E-state index in [1.165, 1.54) is 0 Å². The molecule has 0 aliphatic carbocycles. The lowest BCUT2D eigenvalue weighted by atomic mass is 10.2. The van der Waals surface area contributed by atoms with Gasteiger partial charge >= 0.3 is 5.97 Å². The summed E-state index contributed by atoms with van der Waals surface area (Å²) in [5.74, 6) is -0.0644. The first-order valence-corrected chi connectivity index (χ1v) is 8.77. The molecule has 1 heterocycles. The van der Waals surface area contributed by atoms with Crippen molar-refractivity contribution in [3.8, 4) is 5.75 Å². The van der Waals surface area contributed by atoms with Crippen LogP contribution in [0.2, 0.25) is 0 Å².